The Balaban J connectivity index is 1.28. The maximum Gasteiger partial charge on any atom is 0.338 e. The molecule has 0 bridgehead atoms. The van der Waals surface area contributed by atoms with Crippen molar-refractivity contribution in [3.8, 4) is 10.8 Å². The molecule has 5 rings (SSSR count). The number of aromatic nitrogens is 1. The molecule has 0 saturated carbocycles. The summed E-state index contributed by atoms with van der Waals surface area (Å²) >= 11 is 1.38. The first-order chi connectivity index (χ1) is 15.1. The summed E-state index contributed by atoms with van der Waals surface area (Å²) in [6.07, 6.45) is 3.04. The van der Waals surface area contributed by atoms with E-state index in [4.69, 9.17) is 13.6 Å². The number of thiazole rings is 1. The minimum absolute atomic E-state index is 0.0232. The van der Waals surface area contributed by atoms with Crippen molar-refractivity contribution in [2.24, 2.45) is 0 Å². The summed E-state index contributed by atoms with van der Waals surface area (Å²) in [5, 5.41) is 2.47. The molecule has 1 aliphatic heterocycles. The van der Waals surface area contributed by atoms with Gasteiger partial charge in [0.15, 0.2) is 10.8 Å². The van der Waals surface area contributed by atoms with Crippen molar-refractivity contribution in [1.29, 1.82) is 0 Å². The van der Waals surface area contributed by atoms with Crippen LogP contribution in [-0.2, 0) is 17.9 Å². The SMILES string of the molecule is O=C(OCc1csc(-c2ccco2)n1)c1ccc2c(c1)C(=O)N(Cc1ccco1)C2=O. The molecule has 0 spiro atoms. The highest BCUT2D eigenvalue weighted by molar-refractivity contribution is 7.13. The molecule has 4 aromatic rings. The van der Waals surface area contributed by atoms with E-state index in [2.05, 4.69) is 4.98 Å². The van der Waals surface area contributed by atoms with Crippen LogP contribution in [-0.4, -0.2) is 27.7 Å². The summed E-state index contributed by atoms with van der Waals surface area (Å²) in [6.45, 7) is 0.00553. The topological polar surface area (TPSA) is 103 Å². The average Bonchev–Trinajstić information content (AvgIpc) is 3.58. The molecule has 0 aliphatic carbocycles. The molecule has 0 unspecified atom stereocenters. The van der Waals surface area contributed by atoms with Crippen molar-refractivity contribution in [2.75, 3.05) is 0 Å². The van der Waals surface area contributed by atoms with Crippen molar-refractivity contribution in [3.05, 3.63) is 88.5 Å². The number of esters is 1. The van der Waals surface area contributed by atoms with E-state index in [-0.39, 0.29) is 29.8 Å². The van der Waals surface area contributed by atoms with Crippen LogP contribution in [0.2, 0.25) is 0 Å². The quantitative estimate of drug-likeness (QED) is 0.332. The van der Waals surface area contributed by atoms with Crippen molar-refractivity contribution < 1.29 is 28.0 Å². The highest BCUT2D eigenvalue weighted by Crippen LogP contribution is 2.27. The normalized spacial score (nSPS) is 13.0. The lowest BCUT2D eigenvalue weighted by Crippen LogP contribution is -2.28. The number of carbonyl (C=O) groups is 3. The number of furan rings is 2. The van der Waals surface area contributed by atoms with E-state index in [0.717, 1.165) is 4.90 Å². The van der Waals surface area contributed by atoms with Gasteiger partial charge in [0.05, 0.1) is 41.5 Å². The van der Waals surface area contributed by atoms with Crippen molar-refractivity contribution in [2.45, 2.75) is 13.2 Å². The van der Waals surface area contributed by atoms with Gasteiger partial charge in [0.25, 0.3) is 11.8 Å². The van der Waals surface area contributed by atoms with E-state index in [9.17, 15) is 14.4 Å². The van der Waals surface area contributed by atoms with Crippen molar-refractivity contribution >= 4 is 29.1 Å². The molecular formula is C22H14N2O6S. The lowest BCUT2D eigenvalue weighted by Gasteiger charge is -2.11. The predicted molar refractivity (Wildman–Crippen MR) is 108 cm³/mol. The number of imide groups is 1. The van der Waals surface area contributed by atoms with E-state index in [1.807, 2.05) is 0 Å². The Bertz CT molecular complexity index is 1270. The zero-order valence-corrected chi connectivity index (χ0v) is 16.8. The standard InChI is InChI=1S/C22H14N2O6S/c25-20-16-6-5-13(9-17(16)21(26)24(20)10-15-3-1-7-28-15)22(27)30-11-14-12-31-19(23-14)18-4-2-8-29-18/h1-9,12H,10-11H2. The predicted octanol–water partition coefficient (Wildman–Crippen LogP) is 4.15. The molecular weight excluding hydrogens is 420 g/mol. The fourth-order valence-corrected chi connectivity index (χ4v) is 4.00. The average molecular weight is 434 g/mol. The van der Waals surface area contributed by atoms with Gasteiger partial charge < -0.3 is 13.6 Å². The molecule has 0 atom stereocenters. The second-order valence-corrected chi connectivity index (χ2v) is 7.59. The maximum atomic E-state index is 12.7. The molecule has 0 saturated heterocycles. The van der Waals surface area contributed by atoms with Crippen LogP contribution in [0.5, 0.6) is 0 Å². The first-order valence-electron chi connectivity index (χ1n) is 9.28. The second kappa shape index (κ2) is 7.69. The van der Waals surface area contributed by atoms with Crippen LogP contribution in [0.4, 0.5) is 0 Å². The van der Waals surface area contributed by atoms with Crippen LogP contribution in [0.25, 0.3) is 10.8 Å². The van der Waals surface area contributed by atoms with Gasteiger partial charge in [-0.15, -0.1) is 11.3 Å². The number of benzene rings is 1. The summed E-state index contributed by atoms with van der Waals surface area (Å²) in [5.41, 5.74) is 1.18. The zero-order valence-electron chi connectivity index (χ0n) is 15.9. The van der Waals surface area contributed by atoms with Gasteiger partial charge >= 0.3 is 5.97 Å². The van der Waals surface area contributed by atoms with Crippen molar-refractivity contribution in [1.82, 2.24) is 9.88 Å². The van der Waals surface area contributed by atoms with Gasteiger partial charge in [-0.2, -0.15) is 0 Å². The highest BCUT2D eigenvalue weighted by Gasteiger charge is 2.36. The number of rotatable bonds is 6. The van der Waals surface area contributed by atoms with Gasteiger partial charge in [0, 0.05) is 5.38 Å². The molecule has 0 fully saturated rings. The van der Waals surface area contributed by atoms with Gasteiger partial charge in [-0.3, -0.25) is 14.5 Å². The first kappa shape index (κ1) is 19.0. The second-order valence-electron chi connectivity index (χ2n) is 6.73. The summed E-state index contributed by atoms with van der Waals surface area (Å²) in [6, 6.07) is 11.3. The Morgan fingerprint density at radius 1 is 1.03 bits per heavy atom. The summed E-state index contributed by atoms with van der Waals surface area (Å²) in [7, 11) is 0. The molecule has 9 heteroatoms. The van der Waals surface area contributed by atoms with Crippen molar-refractivity contribution in [3.63, 3.8) is 0 Å². The van der Waals surface area contributed by atoms with Gasteiger partial charge in [0.1, 0.15) is 12.4 Å². The number of carbonyl (C=O) groups excluding carboxylic acids is 3. The fraction of sp³-hybridized carbons (Fsp3) is 0.0909. The third-order valence-corrected chi connectivity index (χ3v) is 5.64. The Hall–Kier alpha value is -3.98. The number of ether oxygens (including phenoxy) is 1. The molecule has 4 heterocycles. The molecule has 8 nitrogen and oxygen atoms in total. The van der Waals surface area contributed by atoms with Crippen LogP contribution < -0.4 is 0 Å². The Morgan fingerprint density at radius 2 is 1.84 bits per heavy atom. The van der Waals surface area contributed by atoms with Gasteiger partial charge in [-0.05, 0) is 42.5 Å². The highest BCUT2D eigenvalue weighted by atomic mass is 32.1. The number of amides is 2. The maximum absolute atomic E-state index is 12.7. The van der Waals surface area contributed by atoms with E-state index < -0.39 is 17.8 Å². The zero-order chi connectivity index (χ0) is 21.4. The fourth-order valence-electron chi connectivity index (χ4n) is 3.23. The smallest absolute Gasteiger partial charge is 0.338 e. The Kier molecular flexibility index (Phi) is 4.72. The van der Waals surface area contributed by atoms with E-state index in [0.29, 0.717) is 22.2 Å². The van der Waals surface area contributed by atoms with Crippen LogP contribution in [0.15, 0.2) is 69.2 Å². The third kappa shape index (κ3) is 3.55. The minimum atomic E-state index is -0.611. The molecule has 1 aliphatic rings. The monoisotopic (exact) mass is 434 g/mol. The first-order valence-corrected chi connectivity index (χ1v) is 10.2. The lowest BCUT2D eigenvalue weighted by molar-refractivity contribution is 0.0468. The Labute approximate surface area is 179 Å². The molecule has 2 amide bonds. The van der Waals surface area contributed by atoms with E-state index >= 15 is 0 Å². The van der Waals surface area contributed by atoms with E-state index in [1.54, 1.807) is 35.9 Å². The van der Waals surface area contributed by atoms with Crippen LogP contribution in [0, 0.1) is 0 Å². The van der Waals surface area contributed by atoms with Gasteiger partial charge in [-0.1, -0.05) is 0 Å². The largest absolute Gasteiger partial charge is 0.467 e. The molecule has 3 aromatic heterocycles. The molecule has 31 heavy (non-hydrogen) atoms. The molecule has 1 aromatic carbocycles. The third-order valence-electron chi connectivity index (χ3n) is 4.74. The molecule has 0 N–H and O–H groups in total. The molecule has 0 radical (unpaired) electrons. The summed E-state index contributed by atoms with van der Waals surface area (Å²) < 4.78 is 15.9. The summed E-state index contributed by atoms with van der Waals surface area (Å²) in [5.74, 6) is -0.382. The Morgan fingerprint density at radius 3 is 2.61 bits per heavy atom. The van der Waals surface area contributed by atoms with Gasteiger partial charge in [-0.25, -0.2) is 9.78 Å². The van der Waals surface area contributed by atoms with Gasteiger partial charge in [0.2, 0.25) is 0 Å². The lowest BCUT2D eigenvalue weighted by atomic mass is 10.1. The number of fused-ring (bicyclic) bond motifs is 1. The number of hydrogen-bond donors (Lipinski definition) is 0. The van der Waals surface area contributed by atoms with Crippen LogP contribution in [0.1, 0.15) is 42.5 Å². The van der Waals surface area contributed by atoms with Crippen LogP contribution in [0.3, 0.4) is 0 Å². The van der Waals surface area contributed by atoms with E-state index in [1.165, 1.54) is 35.8 Å². The molecule has 154 valence electrons. The minimum Gasteiger partial charge on any atom is -0.467 e. The number of nitrogens with zero attached hydrogens (tertiary/aromatic N) is 2. The number of hydrogen-bond acceptors (Lipinski definition) is 8. The van der Waals surface area contributed by atoms with Crippen LogP contribution >= 0.6 is 11.3 Å². The summed E-state index contributed by atoms with van der Waals surface area (Å²) in [4.78, 5) is 43.2.